The number of amides is 1. The zero-order valence-electron chi connectivity index (χ0n) is 8.11. The van der Waals surface area contributed by atoms with Gasteiger partial charge in [0.25, 0.3) is 0 Å². The van der Waals surface area contributed by atoms with E-state index in [1.807, 2.05) is 0 Å². The quantitative estimate of drug-likeness (QED) is 0.516. The van der Waals surface area contributed by atoms with Crippen molar-refractivity contribution in [3.8, 4) is 0 Å². The molecule has 0 atom stereocenters. The number of carbonyl (C=O) groups excluding carboxylic acids is 1. The van der Waals surface area contributed by atoms with E-state index in [4.69, 9.17) is 16.6 Å². The Bertz CT molecular complexity index is 483. The predicted octanol–water partition coefficient (Wildman–Crippen LogP) is 0.605. The van der Waals surface area contributed by atoms with Crippen LogP contribution in [0.1, 0.15) is 15.9 Å². The fourth-order valence-electron chi connectivity index (χ4n) is 1.13. The van der Waals surface area contributed by atoms with Gasteiger partial charge < -0.3 is 16.6 Å². The Morgan fingerprint density at radius 2 is 2.00 bits per heavy atom. The van der Waals surface area contributed by atoms with Crippen LogP contribution in [0.4, 0.5) is 10.1 Å². The molecule has 84 valence electrons. The van der Waals surface area contributed by atoms with Crippen LogP contribution in [0.25, 0.3) is 6.08 Å². The minimum Gasteiger partial charge on any atom is -0.478 e. The Hall–Kier alpha value is -2.37. The van der Waals surface area contributed by atoms with Gasteiger partial charge in [0.1, 0.15) is 5.82 Å². The highest BCUT2D eigenvalue weighted by Gasteiger charge is 2.12. The lowest BCUT2D eigenvalue weighted by molar-refractivity contribution is -0.113. The molecule has 0 spiro atoms. The number of carbonyl (C=O) groups is 2. The molecule has 0 saturated heterocycles. The van der Waals surface area contributed by atoms with E-state index in [2.05, 4.69) is 0 Å². The summed E-state index contributed by atoms with van der Waals surface area (Å²) in [6.07, 6.45) is 2.13. The van der Waals surface area contributed by atoms with Gasteiger partial charge in [-0.25, -0.2) is 9.18 Å². The molecule has 0 aliphatic carbocycles. The highest BCUT2D eigenvalue weighted by molar-refractivity contribution is 5.97. The Labute approximate surface area is 90.2 Å². The van der Waals surface area contributed by atoms with Gasteiger partial charge in [-0.2, -0.15) is 0 Å². The molecule has 0 aliphatic rings. The summed E-state index contributed by atoms with van der Waals surface area (Å²) in [5.74, 6) is -2.83. The fourth-order valence-corrected chi connectivity index (χ4v) is 1.13. The van der Waals surface area contributed by atoms with Crippen molar-refractivity contribution in [1.29, 1.82) is 0 Å². The largest absolute Gasteiger partial charge is 0.478 e. The molecule has 0 fully saturated rings. The first-order valence-electron chi connectivity index (χ1n) is 4.21. The van der Waals surface area contributed by atoms with E-state index < -0.39 is 17.7 Å². The first-order valence-corrected chi connectivity index (χ1v) is 4.21. The van der Waals surface area contributed by atoms with Crippen LogP contribution in [0, 0.1) is 5.82 Å². The molecule has 0 aliphatic heterocycles. The Morgan fingerprint density at radius 1 is 1.38 bits per heavy atom. The smallest absolute Gasteiger partial charge is 0.337 e. The Balaban J connectivity index is 3.29. The van der Waals surface area contributed by atoms with Gasteiger partial charge in [0, 0.05) is 11.6 Å². The molecular formula is C10H9FN2O3. The molecule has 1 aromatic carbocycles. The van der Waals surface area contributed by atoms with Gasteiger partial charge in [0.15, 0.2) is 0 Å². The molecule has 1 amide bonds. The number of nitrogens with two attached hydrogens (primary N) is 2. The number of carboxylic acids is 1. The molecule has 1 aromatic rings. The number of nitrogen functional groups attached to an aromatic ring is 1. The van der Waals surface area contributed by atoms with Gasteiger partial charge in [0.2, 0.25) is 5.91 Å². The van der Waals surface area contributed by atoms with E-state index in [1.54, 1.807) is 0 Å². The fraction of sp³-hybridized carbons (Fsp3) is 0. The van der Waals surface area contributed by atoms with E-state index in [0.717, 1.165) is 24.3 Å². The minimum atomic E-state index is -1.34. The van der Waals surface area contributed by atoms with Crippen molar-refractivity contribution < 1.29 is 19.1 Å². The Morgan fingerprint density at radius 3 is 2.50 bits per heavy atom. The maximum atomic E-state index is 13.0. The normalized spacial score (nSPS) is 10.6. The molecule has 0 bridgehead atoms. The predicted molar refractivity (Wildman–Crippen MR) is 56.0 cm³/mol. The summed E-state index contributed by atoms with van der Waals surface area (Å²) in [7, 11) is 0. The molecule has 0 heterocycles. The summed E-state index contributed by atoms with van der Waals surface area (Å²) in [5, 5.41) is 8.73. The maximum Gasteiger partial charge on any atom is 0.337 e. The van der Waals surface area contributed by atoms with Gasteiger partial charge in [-0.3, -0.25) is 4.79 Å². The molecule has 0 saturated carbocycles. The van der Waals surface area contributed by atoms with Crippen LogP contribution in [-0.2, 0) is 4.79 Å². The van der Waals surface area contributed by atoms with E-state index >= 15 is 0 Å². The number of primary amides is 1. The van der Waals surface area contributed by atoms with Crippen molar-refractivity contribution in [2.45, 2.75) is 0 Å². The second-order valence-corrected chi connectivity index (χ2v) is 3.00. The van der Waals surface area contributed by atoms with Crippen molar-refractivity contribution in [1.82, 2.24) is 0 Å². The van der Waals surface area contributed by atoms with Crippen LogP contribution in [0.5, 0.6) is 0 Å². The van der Waals surface area contributed by atoms with Crippen molar-refractivity contribution >= 4 is 23.6 Å². The number of benzene rings is 1. The minimum absolute atomic E-state index is 0.0937. The molecular weight excluding hydrogens is 215 g/mol. The molecule has 16 heavy (non-hydrogen) atoms. The second kappa shape index (κ2) is 4.43. The summed E-state index contributed by atoms with van der Waals surface area (Å²) in [6, 6.07) is 1.82. The summed E-state index contributed by atoms with van der Waals surface area (Å²) in [6.45, 7) is 0. The van der Waals surface area contributed by atoms with E-state index in [9.17, 15) is 14.0 Å². The number of aromatic carboxylic acids is 1. The lowest BCUT2D eigenvalue weighted by Gasteiger charge is -2.05. The monoisotopic (exact) mass is 224 g/mol. The number of anilines is 1. The molecule has 0 aromatic heterocycles. The summed E-state index contributed by atoms with van der Waals surface area (Å²) >= 11 is 0. The molecule has 1 rings (SSSR count). The highest BCUT2D eigenvalue weighted by atomic mass is 19.1. The van der Waals surface area contributed by atoms with Crippen molar-refractivity contribution in [2.75, 3.05) is 5.73 Å². The van der Waals surface area contributed by atoms with Crippen molar-refractivity contribution in [2.24, 2.45) is 5.73 Å². The highest BCUT2D eigenvalue weighted by Crippen LogP contribution is 2.21. The van der Waals surface area contributed by atoms with Gasteiger partial charge in [-0.1, -0.05) is 0 Å². The van der Waals surface area contributed by atoms with Crippen LogP contribution in [0.15, 0.2) is 18.2 Å². The molecule has 5 N–H and O–H groups in total. The van der Waals surface area contributed by atoms with Gasteiger partial charge in [-0.15, -0.1) is 0 Å². The lowest BCUT2D eigenvalue weighted by Crippen LogP contribution is -2.07. The summed E-state index contributed by atoms with van der Waals surface area (Å²) < 4.78 is 13.0. The van der Waals surface area contributed by atoms with Crippen LogP contribution in [0.3, 0.4) is 0 Å². The van der Waals surface area contributed by atoms with Crippen LogP contribution in [0.2, 0.25) is 0 Å². The van der Waals surface area contributed by atoms with Gasteiger partial charge in [-0.05, 0) is 18.2 Å². The van der Waals surface area contributed by atoms with Crippen LogP contribution < -0.4 is 11.5 Å². The molecule has 6 heteroatoms. The molecule has 0 unspecified atom stereocenters. The topological polar surface area (TPSA) is 106 Å². The van der Waals surface area contributed by atoms with E-state index in [-0.39, 0.29) is 16.8 Å². The second-order valence-electron chi connectivity index (χ2n) is 3.00. The average Bonchev–Trinajstić information content (AvgIpc) is 2.18. The lowest BCUT2D eigenvalue weighted by atomic mass is 10.1. The van der Waals surface area contributed by atoms with Crippen LogP contribution in [-0.4, -0.2) is 17.0 Å². The van der Waals surface area contributed by atoms with E-state index in [1.165, 1.54) is 0 Å². The first-order chi connectivity index (χ1) is 7.41. The number of halogens is 1. The standard InChI is InChI=1S/C10H9FN2O3/c11-6-3-5(1-2-8(12)14)9(13)7(4-6)10(15)16/h1-4H,13H2,(H2,12,14)(H,15,16). The zero-order valence-corrected chi connectivity index (χ0v) is 8.11. The first kappa shape index (κ1) is 11.7. The summed E-state index contributed by atoms with van der Waals surface area (Å²) in [4.78, 5) is 21.2. The number of hydrogen-bond donors (Lipinski definition) is 3. The Kier molecular flexibility index (Phi) is 3.24. The van der Waals surface area contributed by atoms with Crippen molar-refractivity contribution in [3.63, 3.8) is 0 Å². The maximum absolute atomic E-state index is 13.0. The van der Waals surface area contributed by atoms with Crippen LogP contribution >= 0.6 is 0 Å². The number of rotatable bonds is 3. The zero-order chi connectivity index (χ0) is 12.3. The number of hydrogen-bond acceptors (Lipinski definition) is 3. The van der Waals surface area contributed by atoms with Gasteiger partial charge in [0.05, 0.1) is 11.3 Å². The third kappa shape index (κ3) is 2.57. The third-order valence-electron chi connectivity index (χ3n) is 1.83. The summed E-state index contributed by atoms with van der Waals surface area (Å²) in [5.41, 5.74) is 9.96. The van der Waals surface area contributed by atoms with Gasteiger partial charge >= 0.3 is 5.97 Å². The SMILES string of the molecule is NC(=O)C=Cc1cc(F)cc(C(=O)O)c1N. The molecule has 0 radical (unpaired) electrons. The third-order valence-corrected chi connectivity index (χ3v) is 1.83. The average molecular weight is 224 g/mol. The van der Waals surface area contributed by atoms with Crippen molar-refractivity contribution in [3.05, 3.63) is 35.2 Å². The number of carboxylic acid groups (broad SMARTS) is 1. The molecule has 5 nitrogen and oxygen atoms in total. The van der Waals surface area contributed by atoms with E-state index in [0.29, 0.717) is 0 Å².